The van der Waals surface area contributed by atoms with Gasteiger partial charge in [-0.2, -0.15) is 0 Å². The molecule has 0 aliphatic carbocycles. The summed E-state index contributed by atoms with van der Waals surface area (Å²) in [5, 5.41) is 7.98. The Hall–Kier alpha value is -3.16. The van der Waals surface area contributed by atoms with Crippen molar-refractivity contribution >= 4 is 17.6 Å². The SMILES string of the molecule is COc1ccc(C(=O)COC(=O)c2ccc(N3CCCC3)nn2)c(OC)c1. The molecule has 1 fully saturated rings. The number of benzene rings is 1. The van der Waals surface area contributed by atoms with Crippen molar-refractivity contribution in [2.75, 3.05) is 38.8 Å². The number of ether oxygens (including phenoxy) is 3. The number of nitrogens with zero attached hydrogens (tertiary/aromatic N) is 3. The zero-order chi connectivity index (χ0) is 19.2. The highest BCUT2D eigenvalue weighted by molar-refractivity contribution is 6.01. The molecule has 3 rings (SSSR count). The summed E-state index contributed by atoms with van der Waals surface area (Å²) in [6, 6.07) is 8.10. The maximum atomic E-state index is 12.3. The van der Waals surface area contributed by atoms with Crippen LogP contribution >= 0.6 is 0 Å². The lowest BCUT2D eigenvalue weighted by Gasteiger charge is -2.15. The van der Waals surface area contributed by atoms with Crippen molar-refractivity contribution in [3.05, 3.63) is 41.6 Å². The largest absolute Gasteiger partial charge is 0.497 e. The molecule has 0 saturated carbocycles. The minimum absolute atomic E-state index is 0.0624. The van der Waals surface area contributed by atoms with Crippen LogP contribution in [0.4, 0.5) is 5.82 Å². The van der Waals surface area contributed by atoms with Crippen molar-refractivity contribution in [1.82, 2.24) is 10.2 Å². The standard InChI is InChI=1S/C19H21N3O5/c1-25-13-5-6-14(17(11-13)26-2)16(23)12-27-19(24)15-7-8-18(21-20-15)22-9-3-4-10-22/h5-8,11H,3-4,9-10,12H2,1-2H3. The Morgan fingerprint density at radius 3 is 2.44 bits per heavy atom. The maximum Gasteiger partial charge on any atom is 0.359 e. The smallest absolute Gasteiger partial charge is 0.359 e. The van der Waals surface area contributed by atoms with Gasteiger partial charge in [0.2, 0.25) is 5.78 Å². The normalized spacial score (nSPS) is 13.3. The molecule has 1 aliphatic rings. The minimum atomic E-state index is -0.698. The molecule has 0 spiro atoms. The quantitative estimate of drug-likeness (QED) is 0.540. The van der Waals surface area contributed by atoms with E-state index in [1.54, 1.807) is 30.3 Å². The predicted octanol–water partition coefficient (Wildman–Crippen LogP) is 2.13. The first-order valence-corrected chi connectivity index (χ1v) is 8.63. The van der Waals surface area contributed by atoms with Crippen molar-refractivity contribution in [3.8, 4) is 11.5 Å². The van der Waals surface area contributed by atoms with Crippen molar-refractivity contribution in [1.29, 1.82) is 0 Å². The van der Waals surface area contributed by atoms with E-state index in [0.717, 1.165) is 31.7 Å². The molecule has 0 radical (unpaired) electrons. The molecule has 27 heavy (non-hydrogen) atoms. The third-order valence-corrected chi connectivity index (χ3v) is 4.33. The first-order valence-electron chi connectivity index (χ1n) is 8.63. The number of hydrogen-bond acceptors (Lipinski definition) is 8. The molecule has 2 aromatic rings. The molecule has 0 unspecified atom stereocenters. The number of hydrogen-bond donors (Lipinski definition) is 0. The van der Waals surface area contributed by atoms with Gasteiger partial charge in [0.15, 0.2) is 18.1 Å². The summed E-state index contributed by atoms with van der Waals surface area (Å²) in [6.07, 6.45) is 2.25. The van der Waals surface area contributed by atoms with Crippen LogP contribution in [0.15, 0.2) is 30.3 Å². The van der Waals surface area contributed by atoms with Crippen molar-refractivity contribution in [3.63, 3.8) is 0 Å². The Balaban J connectivity index is 1.60. The Kier molecular flexibility index (Phi) is 5.85. The Bertz CT molecular complexity index is 817. The van der Waals surface area contributed by atoms with Gasteiger partial charge in [-0.25, -0.2) is 4.79 Å². The first-order chi connectivity index (χ1) is 13.1. The zero-order valence-corrected chi connectivity index (χ0v) is 15.3. The molecule has 8 heteroatoms. The summed E-state index contributed by atoms with van der Waals surface area (Å²) in [5.41, 5.74) is 0.369. The Morgan fingerprint density at radius 1 is 1.04 bits per heavy atom. The van der Waals surface area contributed by atoms with Gasteiger partial charge < -0.3 is 19.1 Å². The minimum Gasteiger partial charge on any atom is -0.497 e. The summed E-state index contributed by atoms with van der Waals surface area (Å²) >= 11 is 0. The van der Waals surface area contributed by atoms with Crippen LogP contribution in [0.1, 0.15) is 33.7 Å². The van der Waals surface area contributed by atoms with E-state index in [1.165, 1.54) is 14.2 Å². The number of anilines is 1. The monoisotopic (exact) mass is 371 g/mol. The van der Waals surface area contributed by atoms with Crippen molar-refractivity contribution in [2.45, 2.75) is 12.8 Å². The molecule has 1 aromatic carbocycles. The third kappa shape index (κ3) is 4.33. The topological polar surface area (TPSA) is 90.9 Å². The van der Waals surface area contributed by atoms with Crippen LogP contribution in [0.5, 0.6) is 11.5 Å². The van der Waals surface area contributed by atoms with Gasteiger partial charge in [0.05, 0.1) is 19.8 Å². The summed E-state index contributed by atoms with van der Waals surface area (Å²) < 4.78 is 15.4. The lowest BCUT2D eigenvalue weighted by Crippen LogP contribution is -2.20. The van der Waals surface area contributed by atoms with E-state index >= 15 is 0 Å². The third-order valence-electron chi connectivity index (χ3n) is 4.33. The number of carbonyl (C=O) groups excluding carboxylic acids is 2. The van der Waals surface area contributed by atoms with Crippen LogP contribution in [-0.2, 0) is 4.74 Å². The number of esters is 1. The van der Waals surface area contributed by atoms with Crippen LogP contribution in [0.3, 0.4) is 0 Å². The van der Waals surface area contributed by atoms with Gasteiger partial charge in [0.1, 0.15) is 11.5 Å². The average molecular weight is 371 g/mol. The van der Waals surface area contributed by atoms with Gasteiger partial charge in [-0.15, -0.1) is 10.2 Å². The number of methoxy groups -OCH3 is 2. The molecule has 0 atom stereocenters. The second-order valence-electron chi connectivity index (χ2n) is 6.04. The molecule has 142 valence electrons. The van der Waals surface area contributed by atoms with Gasteiger partial charge in [-0.3, -0.25) is 4.79 Å². The average Bonchev–Trinajstić information content (AvgIpc) is 3.26. The number of Topliss-reactive ketones (excluding diaryl/α,β-unsaturated/α-hetero) is 1. The summed E-state index contributed by atoms with van der Waals surface area (Å²) in [6.45, 7) is 1.46. The summed E-state index contributed by atoms with van der Waals surface area (Å²) in [4.78, 5) is 26.6. The number of carbonyl (C=O) groups is 2. The van der Waals surface area contributed by atoms with Gasteiger partial charge in [0, 0.05) is 19.2 Å². The van der Waals surface area contributed by atoms with Gasteiger partial charge in [-0.05, 0) is 37.1 Å². The van der Waals surface area contributed by atoms with Gasteiger partial charge in [-0.1, -0.05) is 0 Å². The van der Waals surface area contributed by atoms with E-state index in [4.69, 9.17) is 14.2 Å². The Labute approximate surface area is 157 Å². The number of aromatic nitrogens is 2. The molecule has 1 saturated heterocycles. The second kappa shape index (κ2) is 8.48. The summed E-state index contributed by atoms with van der Waals surface area (Å²) in [5.74, 6) is 0.572. The Morgan fingerprint density at radius 2 is 1.81 bits per heavy atom. The van der Waals surface area contributed by atoms with Crippen molar-refractivity contribution in [2.24, 2.45) is 0 Å². The van der Waals surface area contributed by atoms with Crippen molar-refractivity contribution < 1.29 is 23.8 Å². The van der Waals surface area contributed by atoms with Crippen LogP contribution in [0.25, 0.3) is 0 Å². The lowest BCUT2D eigenvalue weighted by atomic mass is 10.1. The van der Waals surface area contributed by atoms with Gasteiger partial charge >= 0.3 is 5.97 Å². The molecular weight excluding hydrogens is 350 g/mol. The fourth-order valence-electron chi connectivity index (χ4n) is 2.86. The molecule has 2 heterocycles. The maximum absolute atomic E-state index is 12.3. The molecular formula is C19H21N3O5. The predicted molar refractivity (Wildman–Crippen MR) is 97.6 cm³/mol. The van der Waals surface area contributed by atoms with E-state index < -0.39 is 12.6 Å². The number of rotatable bonds is 7. The fraction of sp³-hybridized carbons (Fsp3) is 0.368. The van der Waals surface area contributed by atoms with Gasteiger partial charge in [0.25, 0.3) is 0 Å². The molecule has 8 nitrogen and oxygen atoms in total. The first kappa shape index (κ1) is 18.6. The molecule has 0 N–H and O–H groups in total. The van der Waals surface area contributed by atoms with E-state index in [1.807, 2.05) is 0 Å². The highest BCUT2D eigenvalue weighted by atomic mass is 16.5. The fourth-order valence-corrected chi connectivity index (χ4v) is 2.86. The van der Waals surface area contributed by atoms with E-state index in [-0.39, 0.29) is 11.5 Å². The molecule has 1 aromatic heterocycles. The van der Waals surface area contributed by atoms with E-state index in [2.05, 4.69) is 15.1 Å². The van der Waals surface area contributed by atoms with Crippen LogP contribution in [0, 0.1) is 0 Å². The van der Waals surface area contributed by atoms with E-state index in [0.29, 0.717) is 17.1 Å². The van der Waals surface area contributed by atoms with Crippen LogP contribution in [0.2, 0.25) is 0 Å². The second-order valence-corrected chi connectivity index (χ2v) is 6.04. The lowest BCUT2D eigenvalue weighted by molar-refractivity contribution is 0.0467. The van der Waals surface area contributed by atoms with E-state index in [9.17, 15) is 9.59 Å². The zero-order valence-electron chi connectivity index (χ0n) is 15.3. The molecule has 1 aliphatic heterocycles. The van der Waals surface area contributed by atoms with Crippen LogP contribution < -0.4 is 14.4 Å². The molecule has 0 bridgehead atoms. The highest BCUT2D eigenvalue weighted by Gasteiger charge is 2.18. The molecule has 0 amide bonds. The number of ketones is 1. The summed E-state index contributed by atoms with van der Waals surface area (Å²) in [7, 11) is 2.98. The highest BCUT2D eigenvalue weighted by Crippen LogP contribution is 2.25. The van der Waals surface area contributed by atoms with Crippen LogP contribution in [-0.4, -0.2) is 55.9 Å².